The van der Waals surface area contributed by atoms with Crippen molar-refractivity contribution >= 4 is 21.6 Å². The Balaban J connectivity index is 1.47. The van der Waals surface area contributed by atoms with E-state index in [1.807, 2.05) is 0 Å². The van der Waals surface area contributed by atoms with Crippen molar-refractivity contribution in [2.24, 2.45) is 0 Å². The highest BCUT2D eigenvalue weighted by atomic mass is 32.1. The van der Waals surface area contributed by atoms with Gasteiger partial charge in [0.2, 0.25) is 0 Å². The molecule has 3 heterocycles. The van der Waals surface area contributed by atoms with Crippen LogP contribution in [0.4, 0.5) is 0 Å². The third kappa shape index (κ3) is 3.65. The van der Waals surface area contributed by atoms with Gasteiger partial charge >= 0.3 is 0 Å². The van der Waals surface area contributed by atoms with E-state index in [0.717, 1.165) is 48.1 Å². The number of nitrogens with zero attached hydrogens (tertiary/aromatic N) is 2. The molecular formula is C18H25N3O3S. The van der Waals surface area contributed by atoms with E-state index in [4.69, 9.17) is 4.74 Å². The molecule has 25 heavy (non-hydrogen) atoms. The van der Waals surface area contributed by atoms with Gasteiger partial charge in [-0.1, -0.05) is 19.3 Å². The van der Waals surface area contributed by atoms with Crippen LogP contribution in [-0.2, 0) is 24.2 Å². The van der Waals surface area contributed by atoms with Crippen molar-refractivity contribution in [1.29, 1.82) is 0 Å². The van der Waals surface area contributed by atoms with Crippen LogP contribution in [0.25, 0.3) is 10.2 Å². The first-order valence-corrected chi connectivity index (χ1v) is 10.0. The smallest absolute Gasteiger partial charge is 0.262 e. The fourth-order valence-corrected chi connectivity index (χ4v) is 4.99. The summed E-state index contributed by atoms with van der Waals surface area (Å²) in [4.78, 5) is 19.3. The molecule has 0 amide bonds. The summed E-state index contributed by atoms with van der Waals surface area (Å²) in [7, 11) is 0. The number of ether oxygens (including phenoxy) is 1. The van der Waals surface area contributed by atoms with Gasteiger partial charge in [0.1, 0.15) is 4.83 Å². The first-order valence-electron chi connectivity index (χ1n) is 9.22. The maximum Gasteiger partial charge on any atom is 0.262 e. The summed E-state index contributed by atoms with van der Waals surface area (Å²) in [5.41, 5.74) is 1.10. The molecule has 1 atom stereocenters. The highest BCUT2D eigenvalue weighted by Crippen LogP contribution is 2.29. The zero-order valence-electron chi connectivity index (χ0n) is 14.4. The normalized spacial score (nSPS) is 19.9. The molecule has 1 aliphatic heterocycles. The Morgan fingerprint density at radius 2 is 2.24 bits per heavy atom. The summed E-state index contributed by atoms with van der Waals surface area (Å²) in [6.07, 6.45) is 7.85. The van der Waals surface area contributed by atoms with Crippen LogP contribution in [0, 0.1) is 0 Å². The number of thiophene rings is 1. The highest BCUT2D eigenvalue weighted by molar-refractivity contribution is 7.18. The van der Waals surface area contributed by atoms with Crippen molar-refractivity contribution in [2.45, 2.75) is 63.8 Å². The molecule has 1 fully saturated rings. The van der Waals surface area contributed by atoms with E-state index in [1.165, 1.54) is 28.7 Å². The molecule has 0 radical (unpaired) electrons. The van der Waals surface area contributed by atoms with E-state index in [-0.39, 0.29) is 24.8 Å². The second kappa shape index (κ2) is 7.53. The summed E-state index contributed by atoms with van der Waals surface area (Å²) in [5.74, 6) is 0. The van der Waals surface area contributed by atoms with Gasteiger partial charge < -0.3 is 15.2 Å². The molecule has 0 bridgehead atoms. The molecule has 2 N–H and O–H groups in total. The maximum atomic E-state index is 12.9. The van der Waals surface area contributed by atoms with Crippen LogP contribution in [-0.4, -0.2) is 40.0 Å². The van der Waals surface area contributed by atoms with Crippen LogP contribution in [0.5, 0.6) is 0 Å². The van der Waals surface area contributed by atoms with E-state index in [9.17, 15) is 9.90 Å². The Labute approximate surface area is 150 Å². The predicted octanol–water partition coefficient (Wildman–Crippen LogP) is 1.81. The standard InChI is InChI=1S/C18H25N3O3S/c22-12(10-24-13-4-2-1-3-5-13)9-21-11-20-17-16(18(21)23)14-6-7-19-8-15(14)25-17/h11-13,19,22H,1-10H2/t12-/m0/s1. The Morgan fingerprint density at radius 1 is 1.40 bits per heavy atom. The van der Waals surface area contributed by atoms with Crippen LogP contribution in [0.3, 0.4) is 0 Å². The number of nitrogens with one attached hydrogen (secondary N) is 1. The lowest BCUT2D eigenvalue weighted by atomic mass is 9.98. The molecule has 2 aromatic rings. The Morgan fingerprint density at radius 3 is 3.08 bits per heavy atom. The van der Waals surface area contributed by atoms with E-state index in [1.54, 1.807) is 17.7 Å². The molecule has 2 aromatic heterocycles. The van der Waals surface area contributed by atoms with Gasteiger partial charge in [-0.15, -0.1) is 11.3 Å². The molecule has 1 aliphatic carbocycles. The first-order chi connectivity index (χ1) is 12.2. The summed E-state index contributed by atoms with van der Waals surface area (Å²) >= 11 is 1.60. The fourth-order valence-electron chi connectivity index (χ4n) is 3.84. The third-order valence-electron chi connectivity index (χ3n) is 5.18. The topological polar surface area (TPSA) is 76.4 Å². The van der Waals surface area contributed by atoms with Crippen LogP contribution in [0.15, 0.2) is 11.1 Å². The SMILES string of the molecule is O=c1c2c3c(sc2ncn1C[C@H](O)COC1CCCCC1)CNCC3. The Hall–Kier alpha value is -1.28. The van der Waals surface area contributed by atoms with Crippen LogP contribution >= 0.6 is 11.3 Å². The van der Waals surface area contributed by atoms with Crippen molar-refractivity contribution in [3.05, 3.63) is 27.1 Å². The molecule has 2 aliphatic rings. The van der Waals surface area contributed by atoms with Crippen molar-refractivity contribution < 1.29 is 9.84 Å². The minimum absolute atomic E-state index is 0.0406. The summed E-state index contributed by atoms with van der Waals surface area (Å²) < 4.78 is 7.36. The van der Waals surface area contributed by atoms with Crippen molar-refractivity contribution in [1.82, 2.24) is 14.9 Å². The number of aliphatic hydroxyl groups excluding tert-OH is 1. The van der Waals surface area contributed by atoms with Crippen molar-refractivity contribution in [3.63, 3.8) is 0 Å². The second-order valence-electron chi connectivity index (χ2n) is 7.06. The lowest BCUT2D eigenvalue weighted by Crippen LogP contribution is -2.31. The van der Waals surface area contributed by atoms with Gasteiger partial charge in [0.15, 0.2) is 0 Å². The zero-order valence-corrected chi connectivity index (χ0v) is 15.2. The first kappa shape index (κ1) is 17.1. The number of rotatable bonds is 5. The zero-order chi connectivity index (χ0) is 17.2. The average molecular weight is 363 g/mol. The lowest BCUT2D eigenvalue weighted by Gasteiger charge is -2.23. The number of aliphatic hydroxyl groups is 1. The van der Waals surface area contributed by atoms with Crippen LogP contribution in [0.1, 0.15) is 42.5 Å². The van der Waals surface area contributed by atoms with E-state index < -0.39 is 6.10 Å². The lowest BCUT2D eigenvalue weighted by molar-refractivity contribution is -0.0286. The van der Waals surface area contributed by atoms with Crippen molar-refractivity contribution in [3.8, 4) is 0 Å². The second-order valence-corrected chi connectivity index (χ2v) is 8.14. The van der Waals surface area contributed by atoms with Gasteiger partial charge in [-0.05, 0) is 31.4 Å². The molecule has 0 aromatic carbocycles. The maximum absolute atomic E-state index is 12.9. The van der Waals surface area contributed by atoms with Gasteiger partial charge in [0.05, 0.1) is 37.1 Å². The van der Waals surface area contributed by atoms with Gasteiger partial charge in [-0.2, -0.15) is 0 Å². The van der Waals surface area contributed by atoms with E-state index in [2.05, 4.69) is 10.3 Å². The highest BCUT2D eigenvalue weighted by Gasteiger charge is 2.21. The van der Waals surface area contributed by atoms with Crippen LogP contribution < -0.4 is 10.9 Å². The van der Waals surface area contributed by atoms with Crippen LogP contribution in [0.2, 0.25) is 0 Å². The average Bonchev–Trinajstić information content (AvgIpc) is 3.02. The van der Waals surface area contributed by atoms with Gasteiger partial charge in [-0.25, -0.2) is 4.98 Å². The minimum Gasteiger partial charge on any atom is -0.389 e. The van der Waals surface area contributed by atoms with Gasteiger partial charge in [0.25, 0.3) is 5.56 Å². The molecule has 0 spiro atoms. The number of fused-ring (bicyclic) bond motifs is 3. The van der Waals surface area contributed by atoms with E-state index >= 15 is 0 Å². The molecule has 4 rings (SSSR count). The largest absolute Gasteiger partial charge is 0.389 e. The number of hydrogen-bond acceptors (Lipinski definition) is 6. The number of aromatic nitrogens is 2. The minimum atomic E-state index is -0.685. The molecule has 7 heteroatoms. The molecule has 6 nitrogen and oxygen atoms in total. The summed E-state index contributed by atoms with van der Waals surface area (Å²) in [6.45, 7) is 2.22. The van der Waals surface area contributed by atoms with Gasteiger partial charge in [0, 0.05) is 11.4 Å². The molecule has 1 saturated carbocycles. The Bertz CT molecular complexity index is 795. The summed E-state index contributed by atoms with van der Waals surface area (Å²) in [5, 5.41) is 14.4. The van der Waals surface area contributed by atoms with Gasteiger partial charge in [-0.3, -0.25) is 9.36 Å². The number of hydrogen-bond donors (Lipinski definition) is 2. The molecular weight excluding hydrogens is 338 g/mol. The molecule has 0 unspecified atom stereocenters. The monoisotopic (exact) mass is 363 g/mol. The van der Waals surface area contributed by atoms with E-state index in [0.29, 0.717) is 0 Å². The Kier molecular flexibility index (Phi) is 5.17. The molecule has 136 valence electrons. The third-order valence-corrected chi connectivity index (χ3v) is 6.32. The fraction of sp³-hybridized carbons (Fsp3) is 0.667. The quantitative estimate of drug-likeness (QED) is 0.847. The van der Waals surface area contributed by atoms with Crippen molar-refractivity contribution in [2.75, 3.05) is 13.2 Å². The molecule has 0 saturated heterocycles. The summed E-state index contributed by atoms with van der Waals surface area (Å²) in [6, 6.07) is 0. The predicted molar refractivity (Wildman–Crippen MR) is 98.1 cm³/mol.